The zero-order valence-corrected chi connectivity index (χ0v) is 10.1. The molecule has 15 heavy (non-hydrogen) atoms. The Morgan fingerprint density at radius 2 is 1.87 bits per heavy atom. The van der Waals surface area contributed by atoms with E-state index < -0.39 is 0 Å². The van der Waals surface area contributed by atoms with E-state index in [1.54, 1.807) is 11.1 Å². The van der Waals surface area contributed by atoms with Crippen LogP contribution in [0.2, 0.25) is 0 Å². The van der Waals surface area contributed by atoms with Crippen molar-refractivity contribution in [1.82, 2.24) is 0 Å². The van der Waals surface area contributed by atoms with Crippen LogP contribution in [-0.2, 0) is 19.3 Å². The van der Waals surface area contributed by atoms with Crippen molar-refractivity contribution in [3.8, 4) is 0 Å². The Bertz CT molecular complexity index is 310. The second-order valence-corrected chi connectivity index (χ2v) is 3.94. The van der Waals surface area contributed by atoms with Gasteiger partial charge in [-0.05, 0) is 48.8 Å². The van der Waals surface area contributed by atoms with Crippen molar-refractivity contribution < 1.29 is 0 Å². The van der Waals surface area contributed by atoms with E-state index in [4.69, 9.17) is 0 Å². The molecule has 82 valence electrons. The van der Waals surface area contributed by atoms with Crippen molar-refractivity contribution in [2.75, 3.05) is 0 Å². The number of aryl methyl sites for hydroxylation is 2. The molecule has 0 nitrogen and oxygen atoms in total. The number of unbranched alkanes of at least 4 members (excludes halogenated alkanes) is 1. The van der Waals surface area contributed by atoms with E-state index in [0.29, 0.717) is 0 Å². The Kier molecular flexibility index (Phi) is 5.17. The summed E-state index contributed by atoms with van der Waals surface area (Å²) in [6.45, 7) is 8.26. The van der Waals surface area contributed by atoms with E-state index in [1.807, 2.05) is 6.08 Å². The molecule has 0 atom stereocenters. The quantitative estimate of drug-likeness (QED) is 0.476. The van der Waals surface area contributed by atoms with E-state index in [0.717, 1.165) is 19.3 Å². The first kappa shape index (κ1) is 12.0. The summed E-state index contributed by atoms with van der Waals surface area (Å²) in [6, 6.07) is 6.73. The summed E-state index contributed by atoms with van der Waals surface area (Å²) in [5.74, 6) is 0. The molecule has 0 heterocycles. The Labute approximate surface area is 94.0 Å². The van der Waals surface area contributed by atoms with Crippen molar-refractivity contribution in [1.29, 1.82) is 0 Å². The number of benzene rings is 1. The van der Waals surface area contributed by atoms with Crippen molar-refractivity contribution in [2.45, 2.75) is 46.0 Å². The van der Waals surface area contributed by atoms with Gasteiger partial charge in [0.2, 0.25) is 0 Å². The molecule has 1 rings (SSSR count). The molecule has 0 saturated carbocycles. The molecule has 0 N–H and O–H groups in total. The van der Waals surface area contributed by atoms with Gasteiger partial charge >= 0.3 is 0 Å². The zero-order valence-electron chi connectivity index (χ0n) is 10.1. The predicted octanol–water partition coefficient (Wildman–Crippen LogP) is 4.32. The second-order valence-electron chi connectivity index (χ2n) is 3.94. The molecule has 0 aromatic heterocycles. The molecule has 0 unspecified atom stereocenters. The molecule has 0 amide bonds. The third-order valence-electron chi connectivity index (χ3n) is 2.96. The third-order valence-corrected chi connectivity index (χ3v) is 2.96. The van der Waals surface area contributed by atoms with Crippen LogP contribution in [0.4, 0.5) is 0 Å². The highest BCUT2D eigenvalue weighted by Gasteiger charge is 2.04. The number of rotatable bonds is 6. The van der Waals surface area contributed by atoms with Crippen LogP contribution in [0.3, 0.4) is 0 Å². The van der Waals surface area contributed by atoms with Gasteiger partial charge in [0.25, 0.3) is 0 Å². The average Bonchev–Trinajstić information content (AvgIpc) is 2.29. The minimum absolute atomic E-state index is 1.12. The van der Waals surface area contributed by atoms with Crippen LogP contribution in [0.1, 0.15) is 43.4 Å². The molecule has 0 spiro atoms. The maximum absolute atomic E-state index is 3.77. The normalized spacial score (nSPS) is 10.3. The fourth-order valence-electron chi connectivity index (χ4n) is 2.14. The van der Waals surface area contributed by atoms with Gasteiger partial charge in [0.15, 0.2) is 0 Å². The number of hydrogen-bond acceptors (Lipinski definition) is 0. The van der Waals surface area contributed by atoms with Crippen LogP contribution in [0.15, 0.2) is 30.9 Å². The average molecular weight is 202 g/mol. The third kappa shape index (κ3) is 3.23. The summed E-state index contributed by atoms with van der Waals surface area (Å²) in [5.41, 5.74) is 4.64. The summed E-state index contributed by atoms with van der Waals surface area (Å²) >= 11 is 0. The second kappa shape index (κ2) is 6.44. The van der Waals surface area contributed by atoms with Gasteiger partial charge in [0.1, 0.15) is 0 Å². The maximum Gasteiger partial charge on any atom is -0.0273 e. The lowest BCUT2D eigenvalue weighted by atomic mass is 9.94. The molecule has 0 aliphatic rings. The summed E-state index contributed by atoms with van der Waals surface area (Å²) in [4.78, 5) is 0. The Hall–Kier alpha value is -1.04. The van der Waals surface area contributed by atoms with Crippen LogP contribution in [0, 0.1) is 0 Å². The number of hydrogen-bond donors (Lipinski definition) is 0. The summed E-state index contributed by atoms with van der Waals surface area (Å²) in [7, 11) is 0. The molecule has 0 heteroatoms. The lowest BCUT2D eigenvalue weighted by Crippen LogP contribution is -1.98. The summed E-state index contributed by atoms with van der Waals surface area (Å²) < 4.78 is 0. The van der Waals surface area contributed by atoms with Crippen molar-refractivity contribution >= 4 is 0 Å². The van der Waals surface area contributed by atoms with Crippen LogP contribution in [0.5, 0.6) is 0 Å². The highest BCUT2D eigenvalue weighted by atomic mass is 14.1. The molecule has 0 radical (unpaired) electrons. The molecule has 0 saturated heterocycles. The van der Waals surface area contributed by atoms with E-state index in [2.05, 4.69) is 38.6 Å². The van der Waals surface area contributed by atoms with E-state index in [1.165, 1.54) is 18.4 Å². The van der Waals surface area contributed by atoms with Crippen molar-refractivity contribution in [2.24, 2.45) is 0 Å². The lowest BCUT2D eigenvalue weighted by molar-refractivity contribution is 0.827. The molecule has 1 aromatic rings. The minimum atomic E-state index is 1.12. The van der Waals surface area contributed by atoms with Crippen LogP contribution < -0.4 is 0 Å². The number of allylic oxidation sites excluding steroid dienone is 1. The Morgan fingerprint density at radius 3 is 2.47 bits per heavy atom. The maximum atomic E-state index is 3.77. The highest BCUT2D eigenvalue weighted by molar-refractivity contribution is 5.35. The SMILES string of the molecule is C=CCCCc1cccc(CC)c1CC. The van der Waals surface area contributed by atoms with Gasteiger partial charge in [-0.15, -0.1) is 6.58 Å². The van der Waals surface area contributed by atoms with E-state index in [-0.39, 0.29) is 0 Å². The molecule has 1 aromatic carbocycles. The lowest BCUT2D eigenvalue weighted by Gasteiger charge is -2.11. The first-order chi connectivity index (χ1) is 7.33. The molecular formula is C15H22. The van der Waals surface area contributed by atoms with Crippen LogP contribution >= 0.6 is 0 Å². The van der Waals surface area contributed by atoms with Crippen molar-refractivity contribution in [3.05, 3.63) is 47.5 Å². The van der Waals surface area contributed by atoms with Gasteiger partial charge in [-0.25, -0.2) is 0 Å². The van der Waals surface area contributed by atoms with Gasteiger partial charge in [-0.1, -0.05) is 38.1 Å². The van der Waals surface area contributed by atoms with Gasteiger partial charge < -0.3 is 0 Å². The predicted molar refractivity (Wildman–Crippen MR) is 68.3 cm³/mol. The van der Waals surface area contributed by atoms with E-state index in [9.17, 15) is 0 Å². The topological polar surface area (TPSA) is 0 Å². The Balaban J connectivity index is 2.81. The largest absolute Gasteiger partial charge is 0.103 e. The standard InChI is InChI=1S/C15H22/c1-4-7-8-10-14-12-9-11-13(5-2)15(14)6-3/h4,9,11-12H,1,5-8,10H2,2-3H3. The van der Waals surface area contributed by atoms with Gasteiger partial charge in [-0.3, -0.25) is 0 Å². The molecule has 0 aliphatic heterocycles. The monoisotopic (exact) mass is 202 g/mol. The molecule has 0 aliphatic carbocycles. The molecular weight excluding hydrogens is 180 g/mol. The fourth-order valence-corrected chi connectivity index (χ4v) is 2.14. The fraction of sp³-hybridized carbons (Fsp3) is 0.467. The smallest absolute Gasteiger partial charge is 0.0273 e. The first-order valence-electron chi connectivity index (χ1n) is 6.04. The van der Waals surface area contributed by atoms with Gasteiger partial charge in [0, 0.05) is 0 Å². The van der Waals surface area contributed by atoms with Gasteiger partial charge in [0.05, 0.1) is 0 Å². The summed E-state index contributed by atoms with van der Waals surface area (Å²) in [6.07, 6.45) is 7.87. The first-order valence-corrected chi connectivity index (χ1v) is 6.04. The molecule has 0 bridgehead atoms. The highest BCUT2D eigenvalue weighted by Crippen LogP contribution is 2.18. The molecule has 0 fully saturated rings. The van der Waals surface area contributed by atoms with Crippen molar-refractivity contribution in [3.63, 3.8) is 0 Å². The Morgan fingerprint density at radius 1 is 1.13 bits per heavy atom. The van der Waals surface area contributed by atoms with Crippen LogP contribution in [-0.4, -0.2) is 0 Å². The van der Waals surface area contributed by atoms with E-state index >= 15 is 0 Å². The minimum Gasteiger partial charge on any atom is -0.103 e. The zero-order chi connectivity index (χ0) is 11.1. The van der Waals surface area contributed by atoms with Gasteiger partial charge in [-0.2, -0.15) is 0 Å². The summed E-state index contributed by atoms with van der Waals surface area (Å²) in [5, 5.41) is 0. The van der Waals surface area contributed by atoms with Crippen LogP contribution in [0.25, 0.3) is 0 Å².